The van der Waals surface area contributed by atoms with Gasteiger partial charge in [-0.1, -0.05) is 86.6 Å². The van der Waals surface area contributed by atoms with Gasteiger partial charge in [0, 0.05) is 24.0 Å². The number of para-hydroxylation sites is 2. The van der Waals surface area contributed by atoms with Crippen molar-refractivity contribution in [3.05, 3.63) is 120 Å². The zero-order valence-electron chi connectivity index (χ0n) is 30.7. The van der Waals surface area contributed by atoms with Crippen molar-refractivity contribution in [1.29, 1.82) is 0 Å². The normalized spacial score (nSPS) is 9.92. The van der Waals surface area contributed by atoms with Crippen molar-refractivity contribution < 1.29 is 48.5 Å². The molecule has 0 fully saturated rings. The van der Waals surface area contributed by atoms with Crippen LogP contribution < -0.4 is 10.2 Å². The Hall–Kier alpha value is -5.26. The molecule has 4 rings (SSSR count). The van der Waals surface area contributed by atoms with Gasteiger partial charge in [-0.05, 0) is 83.4 Å². The van der Waals surface area contributed by atoms with Gasteiger partial charge in [0.15, 0.2) is 0 Å². The fourth-order valence-electron chi connectivity index (χ4n) is 3.32. The summed E-state index contributed by atoms with van der Waals surface area (Å²) in [7, 11) is -1.50. The van der Waals surface area contributed by atoms with Crippen LogP contribution in [0.1, 0.15) is 88.9 Å². The van der Waals surface area contributed by atoms with E-state index >= 15 is 0 Å². The van der Waals surface area contributed by atoms with E-state index in [9.17, 15) is 19.2 Å². The number of carbonyl (C=O) groups excluding carboxylic acids is 4. The standard InChI is InChI=1S/C13H10O2.C7H7BO3.2C7H14O2.C6H6O/c14-10-11-5-4-8-13(9-11)15-12-6-2-1-3-7-12;9-5-6-2-1-3-7(4-6)8(10)11;2*1-5-6(8)9-7(2,3)4;7-6-4-2-1-3-5-6/h1-10H;1-5,10-11H;2*5H2,1-4H3;1-5,7H. The summed E-state index contributed by atoms with van der Waals surface area (Å²) in [5.41, 5.74) is 0.730. The highest BCUT2D eigenvalue weighted by Gasteiger charge is 2.14. The quantitative estimate of drug-likeness (QED) is 0.101. The van der Waals surface area contributed by atoms with Gasteiger partial charge in [0.05, 0.1) is 0 Å². The van der Waals surface area contributed by atoms with Crippen LogP contribution in [0.5, 0.6) is 17.2 Å². The Bertz CT molecular complexity index is 1530. The summed E-state index contributed by atoms with van der Waals surface area (Å²) in [6.45, 7) is 14.7. The number of carbonyl (C=O) groups is 4. The lowest BCUT2D eigenvalue weighted by atomic mass is 9.80. The molecular formula is C40H51BO10. The van der Waals surface area contributed by atoms with Crippen LogP contribution in [-0.4, -0.2) is 58.0 Å². The second-order valence-electron chi connectivity index (χ2n) is 12.5. The van der Waals surface area contributed by atoms with Crippen LogP contribution in [-0.2, 0) is 19.1 Å². The van der Waals surface area contributed by atoms with Gasteiger partial charge in [-0.25, -0.2) is 0 Å². The maximum absolute atomic E-state index is 10.6. The number of aldehydes is 2. The summed E-state index contributed by atoms with van der Waals surface area (Å²) in [5.74, 6) is 1.49. The first-order valence-electron chi connectivity index (χ1n) is 16.3. The van der Waals surface area contributed by atoms with Crippen molar-refractivity contribution in [1.82, 2.24) is 0 Å². The highest BCUT2D eigenvalue weighted by atomic mass is 16.6. The fraction of sp³-hybridized carbons (Fsp3) is 0.300. The number of aromatic hydroxyl groups is 1. The van der Waals surface area contributed by atoms with Crippen molar-refractivity contribution in [2.24, 2.45) is 0 Å². The van der Waals surface area contributed by atoms with Crippen molar-refractivity contribution >= 4 is 37.1 Å². The number of hydrogen-bond donors (Lipinski definition) is 3. The van der Waals surface area contributed by atoms with Crippen LogP contribution in [0.2, 0.25) is 0 Å². The molecule has 0 aliphatic carbocycles. The molecule has 51 heavy (non-hydrogen) atoms. The van der Waals surface area contributed by atoms with Crippen LogP contribution >= 0.6 is 0 Å². The van der Waals surface area contributed by atoms with Crippen LogP contribution in [0.25, 0.3) is 0 Å². The molecule has 4 aromatic rings. The SMILES string of the molecule is CCC(=O)OC(C)(C)C.CCC(=O)OC(C)(C)C.O=Cc1cccc(B(O)O)c1.O=Cc1cccc(Oc2ccccc2)c1.Oc1ccccc1. The number of rotatable bonds is 7. The lowest BCUT2D eigenvalue weighted by Crippen LogP contribution is -2.29. The Morgan fingerprint density at radius 1 is 0.608 bits per heavy atom. The first-order chi connectivity index (χ1) is 23.9. The van der Waals surface area contributed by atoms with E-state index in [-0.39, 0.29) is 23.1 Å². The monoisotopic (exact) mass is 702 g/mol. The van der Waals surface area contributed by atoms with Crippen LogP contribution in [0.15, 0.2) is 109 Å². The van der Waals surface area contributed by atoms with E-state index in [0.29, 0.717) is 47.2 Å². The number of benzene rings is 4. The van der Waals surface area contributed by atoms with Crippen LogP contribution in [0.4, 0.5) is 0 Å². The number of esters is 2. The lowest BCUT2D eigenvalue weighted by molar-refractivity contribution is -0.155. The highest BCUT2D eigenvalue weighted by molar-refractivity contribution is 6.58. The Labute approximate surface area is 302 Å². The predicted octanol–water partition coefficient (Wildman–Crippen LogP) is 7.34. The van der Waals surface area contributed by atoms with Gasteiger partial charge in [-0.2, -0.15) is 0 Å². The summed E-state index contributed by atoms with van der Waals surface area (Å²) in [6.07, 6.45) is 2.37. The molecule has 0 heterocycles. The number of hydrogen-bond acceptors (Lipinski definition) is 10. The van der Waals surface area contributed by atoms with Crippen molar-refractivity contribution in [3.8, 4) is 17.2 Å². The molecule has 0 saturated carbocycles. The lowest BCUT2D eigenvalue weighted by Gasteiger charge is -2.18. The molecule has 0 saturated heterocycles. The first kappa shape index (κ1) is 45.7. The van der Waals surface area contributed by atoms with Gasteiger partial charge in [0.2, 0.25) is 0 Å². The van der Waals surface area contributed by atoms with Crippen molar-refractivity contribution in [2.75, 3.05) is 0 Å². The molecule has 0 bridgehead atoms. The number of phenolic OH excluding ortho intramolecular Hbond substituents is 1. The predicted molar refractivity (Wildman–Crippen MR) is 200 cm³/mol. The molecule has 0 radical (unpaired) electrons. The van der Waals surface area contributed by atoms with Gasteiger partial charge >= 0.3 is 19.1 Å². The second-order valence-corrected chi connectivity index (χ2v) is 12.5. The third-order valence-corrected chi connectivity index (χ3v) is 5.49. The minimum atomic E-state index is -1.50. The minimum absolute atomic E-state index is 0.137. The Morgan fingerprint density at radius 3 is 1.37 bits per heavy atom. The van der Waals surface area contributed by atoms with E-state index in [0.717, 1.165) is 12.0 Å². The molecule has 0 amide bonds. The summed E-state index contributed by atoms with van der Waals surface area (Å²) in [4.78, 5) is 42.0. The maximum Gasteiger partial charge on any atom is 0.488 e. The fourth-order valence-corrected chi connectivity index (χ4v) is 3.32. The summed E-state index contributed by atoms with van der Waals surface area (Å²) in [5, 5.41) is 26.0. The van der Waals surface area contributed by atoms with E-state index in [1.54, 1.807) is 68.4 Å². The molecular weight excluding hydrogens is 651 g/mol. The highest BCUT2D eigenvalue weighted by Crippen LogP contribution is 2.21. The van der Waals surface area contributed by atoms with E-state index in [1.165, 1.54) is 12.1 Å². The van der Waals surface area contributed by atoms with E-state index < -0.39 is 7.12 Å². The van der Waals surface area contributed by atoms with Gasteiger partial charge in [0.1, 0.15) is 41.0 Å². The van der Waals surface area contributed by atoms with Gasteiger partial charge in [-0.15, -0.1) is 0 Å². The molecule has 0 unspecified atom stereocenters. The summed E-state index contributed by atoms with van der Waals surface area (Å²) < 4.78 is 15.5. The van der Waals surface area contributed by atoms with E-state index in [2.05, 4.69) is 0 Å². The largest absolute Gasteiger partial charge is 0.508 e. The Morgan fingerprint density at radius 2 is 1.02 bits per heavy atom. The summed E-state index contributed by atoms with van der Waals surface area (Å²) >= 11 is 0. The van der Waals surface area contributed by atoms with Crippen molar-refractivity contribution in [3.63, 3.8) is 0 Å². The van der Waals surface area contributed by atoms with Crippen LogP contribution in [0.3, 0.4) is 0 Å². The zero-order chi connectivity index (χ0) is 38.9. The van der Waals surface area contributed by atoms with Gasteiger partial charge in [-0.3, -0.25) is 19.2 Å². The minimum Gasteiger partial charge on any atom is -0.508 e. The molecule has 3 N–H and O–H groups in total. The maximum atomic E-state index is 10.6. The van der Waals surface area contributed by atoms with Gasteiger partial charge in [0.25, 0.3) is 0 Å². The first-order valence-corrected chi connectivity index (χ1v) is 16.3. The number of ether oxygens (including phenoxy) is 3. The smallest absolute Gasteiger partial charge is 0.488 e. The Balaban J connectivity index is 0.000000630. The van der Waals surface area contributed by atoms with Crippen molar-refractivity contribution in [2.45, 2.75) is 79.4 Å². The summed E-state index contributed by atoms with van der Waals surface area (Å²) in [6, 6.07) is 31.4. The molecule has 274 valence electrons. The third kappa shape index (κ3) is 25.4. The average Bonchev–Trinajstić information content (AvgIpc) is 3.09. The second kappa shape index (κ2) is 24.8. The molecule has 4 aromatic carbocycles. The molecule has 0 aromatic heterocycles. The zero-order valence-corrected chi connectivity index (χ0v) is 30.7. The van der Waals surface area contributed by atoms with E-state index in [4.69, 9.17) is 29.4 Å². The molecule has 0 atom stereocenters. The third-order valence-electron chi connectivity index (χ3n) is 5.49. The number of phenols is 1. The Kier molecular flexibility index (Phi) is 22.3. The molecule has 10 nitrogen and oxygen atoms in total. The van der Waals surface area contributed by atoms with E-state index in [1.807, 2.05) is 84.0 Å². The van der Waals surface area contributed by atoms with Crippen LogP contribution in [0, 0.1) is 0 Å². The van der Waals surface area contributed by atoms with Gasteiger partial charge < -0.3 is 29.4 Å². The molecule has 0 aliphatic rings. The molecule has 0 aliphatic heterocycles. The topological polar surface area (TPSA) is 157 Å². The molecule has 0 spiro atoms. The molecule has 11 heteroatoms. The average molecular weight is 703 g/mol.